The van der Waals surface area contributed by atoms with Gasteiger partial charge in [0.1, 0.15) is 11.8 Å². The van der Waals surface area contributed by atoms with Crippen molar-refractivity contribution in [2.24, 2.45) is 0 Å². The number of aromatic nitrogens is 3. The number of rotatable bonds is 5. The molecule has 1 saturated heterocycles. The van der Waals surface area contributed by atoms with Gasteiger partial charge >= 0.3 is 0 Å². The van der Waals surface area contributed by atoms with Gasteiger partial charge in [0.2, 0.25) is 0 Å². The quantitative estimate of drug-likeness (QED) is 0.584. The fourth-order valence-electron chi connectivity index (χ4n) is 5.18. The number of piperidine rings is 1. The van der Waals surface area contributed by atoms with Crippen LogP contribution >= 0.6 is 11.8 Å². The minimum absolute atomic E-state index is 0.0343. The average Bonchev–Trinajstić information content (AvgIpc) is 3.43. The summed E-state index contributed by atoms with van der Waals surface area (Å²) in [6.07, 6.45) is 3.23. The van der Waals surface area contributed by atoms with Crippen LogP contribution in [0.1, 0.15) is 23.6 Å². The number of fused-ring (bicyclic) bond motifs is 1. The van der Waals surface area contributed by atoms with Crippen LogP contribution in [0.4, 0.5) is 4.39 Å². The number of nitrogens with zero attached hydrogens (tertiary/aromatic N) is 4. The van der Waals surface area contributed by atoms with Crippen LogP contribution in [-0.4, -0.2) is 62.3 Å². The summed E-state index contributed by atoms with van der Waals surface area (Å²) >= 11 is 1.66. The summed E-state index contributed by atoms with van der Waals surface area (Å²) in [6, 6.07) is 5.14. The molecular formula is C23H24FN5O3S. The van der Waals surface area contributed by atoms with Crippen LogP contribution in [0, 0.1) is 5.82 Å². The maximum absolute atomic E-state index is 14.7. The molecular weight excluding hydrogens is 445 g/mol. The zero-order valence-corrected chi connectivity index (χ0v) is 18.7. The lowest BCUT2D eigenvalue weighted by Gasteiger charge is -2.37. The Kier molecular flexibility index (Phi) is 5.33. The largest absolute Gasteiger partial charge is 0.480 e. The Bertz CT molecular complexity index is 1280. The molecule has 1 unspecified atom stereocenters. The molecule has 0 bridgehead atoms. The van der Waals surface area contributed by atoms with Crippen molar-refractivity contribution < 1.29 is 14.2 Å². The van der Waals surface area contributed by atoms with Crippen LogP contribution in [0.3, 0.4) is 0 Å². The van der Waals surface area contributed by atoms with E-state index in [0.29, 0.717) is 48.7 Å². The molecule has 3 atom stereocenters. The Balaban J connectivity index is 1.10. The molecule has 3 aromatic rings. The third-order valence-electron chi connectivity index (χ3n) is 6.81. The minimum atomic E-state index is -0.542. The highest BCUT2D eigenvalue weighted by Crippen LogP contribution is 2.36. The summed E-state index contributed by atoms with van der Waals surface area (Å²) in [5.74, 6) is 0.946. The SMILES string of the molecule is O=c1ccc2ncc(F)c3c2n1CC3CN1CC[C@@H](NCc2cc3c(cn2)OCS3)[C@@H](O)C1. The van der Waals surface area contributed by atoms with Crippen molar-refractivity contribution in [2.75, 3.05) is 25.6 Å². The number of nitrogens with one attached hydrogen (secondary N) is 1. The van der Waals surface area contributed by atoms with Crippen molar-refractivity contribution in [1.29, 1.82) is 0 Å². The maximum atomic E-state index is 14.7. The van der Waals surface area contributed by atoms with E-state index in [1.165, 1.54) is 12.3 Å². The third-order valence-corrected chi connectivity index (χ3v) is 7.68. The number of aliphatic hydroxyl groups excluding tert-OH is 1. The third kappa shape index (κ3) is 3.80. The molecule has 0 aliphatic carbocycles. The molecule has 0 aromatic carbocycles. The number of thioether (sulfide) groups is 1. The van der Waals surface area contributed by atoms with Gasteiger partial charge in [-0.3, -0.25) is 19.7 Å². The lowest BCUT2D eigenvalue weighted by Crippen LogP contribution is -2.53. The molecule has 0 saturated carbocycles. The Morgan fingerprint density at radius 1 is 1.27 bits per heavy atom. The Morgan fingerprint density at radius 3 is 3.06 bits per heavy atom. The van der Waals surface area contributed by atoms with Crippen LogP contribution in [0.25, 0.3) is 11.0 Å². The molecule has 0 radical (unpaired) electrons. The highest BCUT2D eigenvalue weighted by molar-refractivity contribution is 7.99. The summed E-state index contributed by atoms with van der Waals surface area (Å²) in [7, 11) is 0. The van der Waals surface area contributed by atoms with Crippen molar-refractivity contribution in [3.8, 4) is 5.75 Å². The molecule has 8 nitrogen and oxygen atoms in total. The van der Waals surface area contributed by atoms with Gasteiger partial charge in [-0.2, -0.15) is 0 Å². The highest BCUT2D eigenvalue weighted by atomic mass is 32.2. The highest BCUT2D eigenvalue weighted by Gasteiger charge is 2.34. The van der Waals surface area contributed by atoms with Gasteiger partial charge in [0.25, 0.3) is 5.56 Å². The second kappa shape index (κ2) is 8.35. The molecule has 2 N–H and O–H groups in total. The van der Waals surface area contributed by atoms with Gasteiger partial charge in [-0.15, -0.1) is 0 Å². The summed E-state index contributed by atoms with van der Waals surface area (Å²) < 4.78 is 21.8. The van der Waals surface area contributed by atoms with E-state index < -0.39 is 6.10 Å². The first-order valence-electron chi connectivity index (χ1n) is 11.1. The predicted octanol–water partition coefficient (Wildman–Crippen LogP) is 1.69. The fraction of sp³-hybridized carbons (Fsp3) is 0.435. The standard InChI is InChI=1S/C23H24FN5O3S/c24-15-7-27-17-1-2-21(31)29-10-13(22(15)23(17)29)9-28-4-3-16(18(30)11-28)26-6-14-5-20-19(8-25-14)32-12-33-20/h1-2,5,7-8,13,16,18,26,30H,3-4,6,9-12H2/t13?,16-,18+/m1/s1. The van der Waals surface area contributed by atoms with Gasteiger partial charge in [-0.25, -0.2) is 4.39 Å². The second-order valence-electron chi connectivity index (χ2n) is 8.86. The predicted molar refractivity (Wildman–Crippen MR) is 122 cm³/mol. The lowest BCUT2D eigenvalue weighted by atomic mass is 9.97. The van der Waals surface area contributed by atoms with E-state index in [-0.39, 0.29) is 23.3 Å². The lowest BCUT2D eigenvalue weighted by molar-refractivity contribution is 0.0367. The van der Waals surface area contributed by atoms with Crippen molar-refractivity contribution in [3.63, 3.8) is 0 Å². The van der Waals surface area contributed by atoms with Crippen LogP contribution in [0.15, 0.2) is 40.3 Å². The molecule has 10 heteroatoms. The molecule has 0 spiro atoms. The van der Waals surface area contributed by atoms with E-state index in [1.54, 1.807) is 28.6 Å². The molecule has 3 aliphatic rings. The van der Waals surface area contributed by atoms with E-state index >= 15 is 0 Å². The zero-order valence-electron chi connectivity index (χ0n) is 17.9. The number of aliphatic hydroxyl groups is 1. The normalized spacial score (nSPS) is 24.2. The van der Waals surface area contributed by atoms with Crippen LogP contribution < -0.4 is 15.6 Å². The molecule has 3 aliphatic heterocycles. The average molecular weight is 470 g/mol. The molecule has 6 heterocycles. The molecule has 172 valence electrons. The molecule has 3 aromatic heterocycles. The number of ether oxygens (including phenoxy) is 1. The second-order valence-corrected chi connectivity index (χ2v) is 9.83. The maximum Gasteiger partial charge on any atom is 0.251 e. The number of pyridine rings is 3. The Morgan fingerprint density at radius 2 is 2.18 bits per heavy atom. The smallest absolute Gasteiger partial charge is 0.251 e. The summed E-state index contributed by atoms with van der Waals surface area (Å²) in [6.45, 7) is 2.89. The topological polar surface area (TPSA) is 92.5 Å². The number of hydrogen-bond donors (Lipinski definition) is 2. The first-order valence-corrected chi connectivity index (χ1v) is 12.1. The van der Waals surface area contributed by atoms with E-state index in [9.17, 15) is 14.3 Å². The van der Waals surface area contributed by atoms with E-state index in [0.717, 1.165) is 29.3 Å². The van der Waals surface area contributed by atoms with E-state index in [1.807, 2.05) is 6.07 Å². The fourth-order valence-corrected chi connectivity index (χ4v) is 5.97. The Labute approximate surface area is 193 Å². The van der Waals surface area contributed by atoms with E-state index in [4.69, 9.17) is 4.74 Å². The van der Waals surface area contributed by atoms with Gasteiger partial charge in [0, 0.05) is 49.8 Å². The summed E-state index contributed by atoms with van der Waals surface area (Å²) in [5, 5.41) is 14.2. The molecule has 1 fully saturated rings. The number of hydrogen-bond acceptors (Lipinski definition) is 8. The first kappa shape index (κ1) is 21.0. The molecule has 6 rings (SSSR count). The van der Waals surface area contributed by atoms with Crippen molar-refractivity contribution in [2.45, 2.75) is 42.5 Å². The van der Waals surface area contributed by atoms with Gasteiger partial charge in [0.15, 0.2) is 5.75 Å². The van der Waals surface area contributed by atoms with Gasteiger partial charge in [-0.1, -0.05) is 11.8 Å². The van der Waals surface area contributed by atoms with Gasteiger partial charge in [0.05, 0.1) is 40.1 Å². The van der Waals surface area contributed by atoms with Crippen LogP contribution in [0.2, 0.25) is 0 Å². The van der Waals surface area contributed by atoms with Crippen molar-refractivity contribution in [1.82, 2.24) is 24.8 Å². The molecule has 33 heavy (non-hydrogen) atoms. The first-order chi connectivity index (χ1) is 16.1. The summed E-state index contributed by atoms with van der Waals surface area (Å²) in [5.41, 5.74) is 2.60. The number of halogens is 1. The van der Waals surface area contributed by atoms with Gasteiger partial charge < -0.3 is 19.7 Å². The Hall–Kier alpha value is -2.53. The zero-order chi connectivity index (χ0) is 22.5. The van der Waals surface area contributed by atoms with Crippen molar-refractivity contribution in [3.05, 3.63) is 58.0 Å². The van der Waals surface area contributed by atoms with Crippen LogP contribution in [0.5, 0.6) is 5.75 Å². The van der Waals surface area contributed by atoms with E-state index in [2.05, 4.69) is 20.2 Å². The number of β-amino-alcohol motifs (C(OH)–C–C–N with tert-alkyl or cyclic N) is 1. The minimum Gasteiger partial charge on any atom is -0.480 e. The van der Waals surface area contributed by atoms with Crippen LogP contribution in [-0.2, 0) is 13.1 Å². The summed E-state index contributed by atoms with van der Waals surface area (Å²) in [4.78, 5) is 24.2. The van der Waals surface area contributed by atoms with Gasteiger partial charge in [-0.05, 0) is 25.1 Å². The molecule has 0 amide bonds. The monoisotopic (exact) mass is 469 g/mol. The number of likely N-dealkylation sites (tertiary alicyclic amines) is 1. The van der Waals surface area contributed by atoms with Crippen molar-refractivity contribution >= 4 is 22.8 Å².